The largest absolute Gasteiger partial charge is 0.379 e. The van der Waals surface area contributed by atoms with Crippen LogP contribution in [0, 0.1) is 0 Å². The topological polar surface area (TPSA) is 39.1 Å². The maximum atomic E-state index is 5.50. The van der Waals surface area contributed by atoms with Gasteiger partial charge in [-0.1, -0.05) is 6.92 Å². The predicted molar refractivity (Wildman–Crippen MR) is 74.5 cm³/mol. The van der Waals surface area contributed by atoms with Gasteiger partial charge in [-0.25, -0.2) is 0 Å². The first-order chi connectivity index (χ1) is 8.74. The van der Waals surface area contributed by atoms with E-state index in [1.807, 2.05) is 6.20 Å². The van der Waals surface area contributed by atoms with E-state index in [9.17, 15) is 0 Å². The van der Waals surface area contributed by atoms with Crippen molar-refractivity contribution in [3.8, 4) is 0 Å². The summed E-state index contributed by atoms with van der Waals surface area (Å²) in [5.41, 5.74) is 1.27. The summed E-state index contributed by atoms with van der Waals surface area (Å²) in [4.78, 5) is 0. The fraction of sp³-hybridized carbons (Fsp3) is 0.786. The van der Waals surface area contributed by atoms with E-state index in [1.54, 1.807) is 0 Å². The second kappa shape index (κ2) is 9.11. The van der Waals surface area contributed by atoms with Crippen LogP contribution in [0.3, 0.4) is 0 Å². The van der Waals surface area contributed by atoms with Gasteiger partial charge in [0.2, 0.25) is 0 Å². The Balaban J connectivity index is 2.05. The van der Waals surface area contributed by atoms with Crippen molar-refractivity contribution >= 4 is 0 Å². The van der Waals surface area contributed by atoms with Crippen molar-refractivity contribution in [1.82, 2.24) is 15.1 Å². The molecule has 1 aromatic heterocycles. The van der Waals surface area contributed by atoms with Gasteiger partial charge in [0.15, 0.2) is 0 Å². The van der Waals surface area contributed by atoms with Gasteiger partial charge in [-0.15, -0.1) is 0 Å². The first kappa shape index (κ1) is 15.2. The maximum Gasteiger partial charge on any atom is 0.0522 e. The highest BCUT2D eigenvalue weighted by Crippen LogP contribution is 2.00. The summed E-state index contributed by atoms with van der Waals surface area (Å²) in [5, 5.41) is 7.77. The van der Waals surface area contributed by atoms with Gasteiger partial charge < -0.3 is 10.1 Å². The van der Waals surface area contributed by atoms with Crippen LogP contribution in [0.25, 0.3) is 0 Å². The van der Waals surface area contributed by atoms with Crippen LogP contribution in [-0.4, -0.2) is 29.0 Å². The number of nitrogens with one attached hydrogen (secondary N) is 1. The highest BCUT2D eigenvalue weighted by Gasteiger charge is 2.00. The lowest BCUT2D eigenvalue weighted by molar-refractivity contribution is 0.0760. The van der Waals surface area contributed by atoms with E-state index >= 15 is 0 Å². The number of nitrogens with zero attached hydrogens (tertiary/aromatic N) is 2. The summed E-state index contributed by atoms with van der Waals surface area (Å²) in [6.07, 6.45) is 5.64. The number of hydrogen-bond acceptors (Lipinski definition) is 3. The Bertz CT molecular complexity index is 310. The molecule has 0 fully saturated rings. The van der Waals surface area contributed by atoms with Crippen LogP contribution < -0.4 is 5.32 Å². The molecular weight excluding hydrogens is 226 g/mol. The van der Waals surface area contributed by atoms with Crippen LogP contribution in [0.4, 0.5) is 0 Å². The van der Waals surface area contributed by atoms with Crippen LogP contribution in [0.2, 0.25) is 0 Å². The minimum atomic E-state index is 0.348. The van der Waals surface area contributed by atoms with E-state index in [2.05, 4.69) is 41.9 Å². The Kier molecular flexibility index (Phi) is 7.69. The smallest absolute Gasteiger partial charge is 0.0522 e. The Morgan fingerprint density at radius 2 is 2.22 bits per heavy atom. The molecule has 18 heavy (non-hydrogen) atoms. The number of ether oxygens (including phenoxy) is 1. The molecule has 0 spiro atoms. The Morgan fingerprint density at radius 3 is 2.94 bits per heavy atom. The van der Waals surface area contributed by atoms with Gasteiger partial charge in [-0.3, -0.25) is 4.68 Å². The van der Waals surface area contributed by atoms with E-state index in [1.165, 1.54) is 5.69 Å². The average Bonchev–Trinajstić information content (AvgIpc) is 2.76. The molecule has 0 saturated heterocycles. The molecule has 1 rings (SSSR count). The number of aromatic nitrogens is 2. The quantitative estimate of drug-likeness (QED) is 0.651. The van der Waals surface area contributed by atoms with Crippen LogP contribution in [0.15, 0.2) is 12.3 Å². The average molecular weight is 253 g/mol. The van der Waals surface area contributed by atoms with Crippen molar-refractivity contribution in [3.05, 3.63) is 18.0 Å². The molecule has 4 nitrogen and oxygen atoms in total. The van der Waals surface area contributed by atoms with Gasteiger partial charge in [-0.2, -0.15) is 5.10 Å². The van der Waals surface area contributed by atoms with Crippen LogP contribution in [0.1, 0.15) is 45.7 Å². The van der Waals surface area contributed by atoms with Crippen molar-refractivity contribution < 1.29 is 4.74 Å². The van der Waals surface area contributed by atoms with E-state index in [-0.39, 0.29) is 0 Å². The lowest BCUT2D eigenvalue weighted by Crippen LogP contribution is -2.18. The Morgan fingerprint density at radius 1 is 1.39 bits per heavy atom. The van der Waals surface area contributed by atoms with Gasteiger partial charge in [0.25, 0.3) is 0 Å². The third-order valence-corrected chi connectivity index (χ3v) is 2.75. The fourth-order valence-electron chi connectivity index (χ4n) is 1.81. The van der Waals surface area contributed by atoms with E-state index < -0.39 is 0 Å². The van der Waals surface area contributed by atoms with Crippen molar-refractivity contribution in [1.29, 1.82) is 0 Å². The first-order valence-corrected chi connectivity index (χ1v) is 7.07. The summed E-state index contributed by atoms with van der Waals surface area (Å²) in [6, 6.07) is 2.09. The molecule has 0 radical (unpaired) electrons. The standard InChI is InChI=1S/C14H27N3O/c1-4-10-17-14(7-9-16-17)12-15-8-5-6-11-18-13(2)3/h7,9,13,15H,4-6,8,10-12H2,1-3H3. The van der Waals surface area contributed by atoms with Gasteiger partial charge >= 0.3 is 0 Å². The lowest BCUT2D eigenvalue weighted by atomic mass is 10.3. The molecule has 104 valence electrons. The second-order valence-electron chi connectivity index (χ2n) is 4.85. The minimum absolute atomic E-state index is 0.348. The van der Waals surface area contributed by atoms with Crippen LogP contribution >= 0.6 is 0 Å². The van der Waals surface area contributed by atoms with E-state index in [4.69, 9.17) is 4.74 Å². The molecule has 0 bridgehead atoms. The van der Waals surface area contributed by atoms with Crippen molar-refractivity contribution in [3.63, 3.8) is 0 Å². The molecule has 0 unspecified atom stereocenters. The first-order valence-electron chi connectivity index (χ1n) is 7.07. The highest BCUT2D eigenvalue weighted by atomic mass is 16.5. The van der Waals surface area contributed by atoms with Crippen molar-refractivity contribution in [2.45, 2.75) is 59.2 Å². The molecule has 0 saturated carbocycles. The monoisotopic (exact) mass is 253 g/mol. The molecule has 0 aliphatic rings. The summed E-state index contributed by atoms with van der Waals surface area (Å²) in [5.74, 6) is 0. The van der Waals surface area contributed by atoms with Gasteiger partial charge in [0, 0.05) is 25.9 Å². The molecule has 1 heterocycles. The zero-order valence-electron chi connectivity index (χ0n) is 12.0. The minimum Gasteiger partial charge on any atom is -0.379 e. The van der Waals surface area contributed by atoms with Gasteiger partial charge in [0.05, 0.1) is 11.8 Å². The third-order valence-electron chi connectivity index (χ3n) is 2.75. The van der Waals surface area contributed by atoms with Gasteiger partial charge in [0.1, 0.15) is 0 Å². The predicted octanol–water partition coefficient (Wildman–Crippen LogP) is 2.59. The molecule has 0 aliphatic carbocycles. The van der Waals surface area contributed by atoms with E-state index in [0.29, 0.717) is 6.10 Å². The molecule has 4 heteroatoms. The summed E-state index contributed by atoms with van der Waals surface area (Å²) in [6.45, 7) is 10.1. The van der Waals surface area contributed by atoms with Crippen molar-refractivity contribution in [2.75, 3.05) is 13.2 Å². The van der Waals surface area contributed by atoms with Crippen LogP contribution in [0.5, 0.6) is 0 Å². The third kappa shape index (κ3) is 6.17. The molecule has 1 aromatic rings. The molecule has 0 aliphatic heterocycles. The number of aryl methyl sites for hydroxylation is 1. The zero-order chi connectivity index (χ0) is 13.2. The Hall–Kier alpha value is -0.870. The fourth-order valence-corrected chi connectivity index (χ4v) is 1.81. The second-order valence-corrected chi connectivity index (χ2v) is 4.85. The molecule has 0 amide bonds. The lowest BCUT2D eigenvalue weighted by Gasteiger charge is -2.09. The molecule has 0 atom stereocenters. The molecular formula is C14H27N3O. The number of hydrogen-bond donors (Lipinski definition) is 1. The SMILES string of the molecule is CCCn1nccc1CNCCCCOC(C)C. The maximum absolute atomic E-state index is 5.50. The summed E-state index contributed by atoms with van der Waals surface area (Å²) in [7, 11) is 0. The number of rotatable bonds is 10. The highest BCUT2D eigenvalue weighted by molar-refractivity contribution is 4.99. The summed E-state index contributed by atoms with van der Waals surface area (Å²) < 4.78 is 7.58. The zero-order valence-corrected chi connectivity index (χ0v) is 12.0. The Labute approximate surface area is 111 Å². The van der Waals surface area contributed by atoms with Crippen molar-refractivity contribution in [2.24, 2.45) is 0 Å². The number of unbranched alkanes of at least 4 members (excludes halogenated alkanes) is 1. The van der Waals surface area contributed by atoms with E-state index in [0.717, 1.165) is 45.5 Å². The molecule has 1 N–H and O–H groups in total. The van der Waals surface area contributed by atoms with Crippen LogP contribution in [-0.2, 0) is 17.8 Å². The van der Waals surface area contributed by atoms with Gasteiger partial charge in [-0.05, 0) is 45.7 Å². The molecule has 0 aromatic carbocycles. The summed E-state index contributed by atoms with van der Waals surface area (Å²) >= 11 is 0. The normalized spacial score (nSPS) is 11.3.